The van der Waals surface area contributed by atoms with Crippen LogP contribution in [0.3, 0.4) is 0 Å². The van der Waals surface area contributed by atoms with Gasteiger partial charge in [-0.15, -0.1) is 12.4 Å². The Bertz CT molecular complexity index is 405. The van der Waals surface area contributed by atoms with Gasteiger partial charge < -0.3 is 11.1 Å². The first kappa shape index (κ1) is 15.9. The molecule has 1 aromatic carbocycles. The zero-order valence-corrected chi connectivity index (χ0v) is 11.5. The van der Waals surface area contributed by atoms with Crippen LogP contribution in [0, 0.1) is 5.82 Å². The Morgan fingerprint density at radius 3 is 2.58 bits per heavy atom. The summed E-state index contributed by atoms with van der Waals surface area (Å²) in [5.41, 5.74) is 6.25. The SMILES string of the molecule is Cl.NC(=O)C(c1ccc(F)cc1)N1CCCNCC1. The largest absolute Gasteiger partial charge is 0.368 e. The monoisotopic (exact) mass is 287 g/mol. The molecule has 1 amide bonds. The topological polar surface area (TPSA) is 58.4 Å². The fourth-order valence-electron chi connectivity index (χ4n) is 2.32. The zero-order chi connectivity index (χ0) is 13.0. The molecule has 106 valence electrons. The van der Waals surface area contributed by atoms with Crippen molar-refractivity contribution in [2.75, 3.05) is 26.2 Å². The van der Waals surface area contributed by atoms with E-state index in [4.69, 9.17) is 5.73 Å². The van der Waals surface area contributed by atoms with Crippen molar-refractivity contribution in [3.05, 3.63) is 35.6 Å². The van der Waals surface area contributed by atoms with Gasteiger partial charge in [0, 0.05) is 19.6 Å². The van der Waals surface area contributed by atoms with Crippen LogP contribution in [0.5, 0.6) is 0 Å². The molecule has 3 N–H and O–H groups in total. The van der Waals surface area contributed by atoms with Gasteiger partial charge in [-0.25, -0.2) is 4.39 Å². The van der Waals surface area contributed by atoms with Crippen LogP contribution in [0.1, 0.15) is 18.0 Å². The first-order valence-corrected chi connectivity index (χ1v) is 6.18. The molecule has 1 aliphatic rings. The van der Waals surface area contributed by atoms with Crippen LogP contribution in [0.4, 0.5) is 4.39 Å². The Morgan fingerprint density at radius 1 is 1.26 bits per heavy atom. The molecule has 0 aliphatic carbocycles. The third kappa shape index (κ3) is 4.16. The summed E-state index contributed by atoms with van der Waals surface area (Å²) < 4.78 is 12.9. The molecule has 0 saturated carbocycles. The normalized spacial score (nSPS) is 18.2. The number of hydrogen-bond acceptors (Lipinski definition) is 3. The zero-order valence-electron chi connectivity index (χ0n) is 10.6. The molecule has 1 fully saturated rings. The van der Waals surface area contributed by atoms with Crippen molar-refractivity contribution < 1.29 is 9.18 Å². The summed E-state index contributed by atoms with van der Waals surface area (Å²) >= 11 is 0. The maximum Gasteiger partial charge on any atom is 0.239 e. The number of carbonyl (C=O) groups is 1. The number of primary amides is 1. The molecule has 6 heteroatoms. The van der Waals surface area contributed by atoms with Crippen LogP contribution in [-0.4, -0.2) is 37.0 Å². The summed E-state index contributed by atoms with van der Waals surface area (Å²) in [5.74, 6) is -0.692. The van der Waals surface area contributed by atoms with Crippen molar-refractivity contribution >= 4 is 18.3 Å². The number of benzene rings is 1. The fraction of sp³-hybridized carbons (Fsp3) is 0.462. The van der Waals surface area contributed by atoms with Crippen LogP contribution in [-0.2, 0) is 4.79 Å². The molecule has 1 aliphatic heterocycles. The summed E-state index contributed by atoms with van der Waals surface area (Å²) in [7, 11) is 0. The molecule has 1 aromatic rings. The number of nitrogens with two attached hydrogens (primary N) is 1. The first-order valence-electron chi connectivity index (χ1n) is 6.18. The van der Waals surface area contributed by atoms with Gasteiger partial charge in [0.15, 0.2) is 0 Å². The number of rotatable bonds is 3. The molecule has 2 rings (SSSR count). The molecular formula is C13H19ClFN3O. The molecule has 1 heterocycles. The van der Waals surface area contributed by atoms with Gasteiger partial charge in [0.2, 0.25) is 5.91 Å². The number of nitrogens with one attached hydrogen (secondary N) is 1. The smallest absolute Gasteiger partial charge is 0.239 e. The maximum atomic E-state index is 12.9. The molecule has 0 aromatic heterocycles. The minimum Gasteiger partial charge on any atom is -0.368 e. The maximum absolute atomic E-state index is 12.9. The van der Waals surface area contributed by atoms with Gasteiger partial charge in [-0.3, -0.25) is 9.69 Å². The van der Waals surface area contributed by atoms with E-state index in [9.17, 15) is 9.18 Å². The predicted molar refractivity (Wildman–Crippen MR) is 74.6 cm³/mol. The molecular weight excluding hydrogens is 269 g/mol. The molecule has 0 spiro atoms. The quantitative estimate of drug-likeness (QED) is 0.874. The van der Waals surface area contributed by atoms with Gasteiger partial charge in [0.25, 0.3) is 0 Å². The summed E-state index contributed by atoms with van der Waals surface area (Å²) in [6.07, 6.45) is 0.977. The summed E-state index contributed by atoms with van der Waals surface area (Å²) in [6.45, 7) is 3.37. The Kier molecular flexibility index (Phi) is 6.21. The number of nitrogens with zero attached hydrogens (tertiary/aromatic N) is 1. The minimum atomic E-state index is -0.467. The van der Waals surface area contributed by atoms with E-state index < -0.39 is 6.04 Å². The van der Waals surface area contributed by atoms with Gasteiger partial charge in [0.05, 0.1) is 0 Å². The first-order chi connectivity index (χ1) is 8.68. The lowest BCUT2D eigenvalue weighted by Crippen LogP contribution is -2.39. The Balaban J connectivity index is 0.00000180. The lowest BCUT2D eigenvalue weighted by molar-refractivity contribution is -0.123. The van der Waals surface area contributed by atoms with E-state index >= 15 is 0 Å². The summed E-state index contributed by atoms with van der Waals surface area (Å²) in [5, 5.41) is 3.28. The van der Waals surface area contributed by atoms with Crippen LogP contribution in [0.25, 0.3) is 0 Å². The van der Waals surface area contributed by atoms with Crippen LogP contribution in [0.15, 0.2) is 24.3 Å². The second kappa shape index (κ2) is 7.43. The second-order valence-electron chi connectivity index (χ2n) is 4.50. The van der Waals surface area contributed by atoms with Gasteiger partial charge in [-0.1, -0.05) is 12.1 Å². The van der Waals surface area contributed by atoms with E-state index in [-0.39, 0.29) is 24.1 Å². The van der Waals surface area contributed by atoms with Crippen molar-refractivity contribution in [1.82, 2.24) is 10.2 Å². The van der Waals surface area contributed by atoms with Gasteiger partial charge in [-0.05, 0) is 30.7 Å². The highest BCUT2D eigenvalue weighted by atomic mass is 35.5. The number of hydrogen-bond donors (Lipinski definition) is 2. The Labute approximate surface area is 118 Å². The van der Waals surface area contributed by atoms with Gasteiger partial charge >= 0.3 is 0 Å². The van der Waals surface area contributed by atoms with Gasteiger partial charge in [-0.2, -0.15) is 0 Å². The summed E-state index contributed by atoms with van der Waals surface area (Å²) in [6, 6.07) is 5.51. The lowest BCUT2D eigenvalue weighted by atomic mass is 10.0. The van der Waals surface area contributed by atoms with Crippen molar-refractivity contribution in [3.8, 4) is 0 Å². The molecule has 0 radical (unpaired) electrons. The van der Waals surface area contributed by atoms with Crippen molar-refractivity contribution in [1.29, 1.82) is 0 Å². The highest BCUT2D eigenvalue weighted by molar-refractivity contribution is 5.85. The van der Waals surface area contributed by atoms with E-state index in [0.717, 1.165) is 38.2 Å². The fourth-order valence-corrected chi connectivity index (χ4v) is 2.32. The predicted octanol–water partition coefficient (Wildman–Crippen LogP) is 1.07. The number of carbonyl (C=O) groups excluding carboxylic acids is 1. The van der Waals surface area contributed by atoms with Crippen molar-refractivity contribution in [2.24, 2.45) is 5.73 Å². The van der Waals surface area contributed by atoms with Gasteiger partial charge in [0.1, 0.15) is 11.9 Å². The van der Waals surface area contributed by atoms with E-state index in [0.29, 0.717) is 0 Å². The average molecular weight is 288 g/mol. The number of amides is 1. The molecule has 1 unspecified atom stereocenters. The highest BCUT2D eigenvalue weighted by Gasteiger charge is 2.26. The molecule has 0 bridgehead atoms. The minimum absolute atomic E-state index is 0. The van der Waals surface area contributed by atoms with E-state index in [1.165, 1.54) is 12.1 Å². The molecule has 1 atom stereocenters. The Morgan fingerprint density at radius 2 is 1.95 bits per heavy atom. The second-order valence-corrected chi connectivity index (χ2v) is 4.50. The molecule has 4 nitrogen and oxygen atoms in total. The van der Waals surface area contributed by atoms with Crippen LogP contribution < -0.4 is 11.1 Å². The summed E-state index contributed by atoms with van der Waals surface area (Å²) in [4.78, 5) is 13.7. The Hall–Kier alpha value is -1.17. The molecule has 1 saturated heterocycles. The third-order valence-electron chi connectivity index (χ3n) is 3.20. The number of halogens is 2. The van der Waals surface area contributed by atoms with Crippen molar-refractivity contribution in [2.45, 2.75) is 12.5 Å². The lowest BCUT2D eigenvalue weighted by Gasteiger charge is -2.28. The van der Waals surface area contributed by atoms with E-state index in [2.05, 4.69) is 10.2 Å². The highest BCUT2D eigenvalue weighted by Crippen LogP contribution is 2.21. The van der Waals surface area contributed by atoms with E-state index in [1.807, 2.05) is 0 Å². The van der Waals surface area contributed by atoms with Crippen LogP contribution >= 0.6 is 12.4 Å². The third-order valence-corrected chi connectivity index (χ3v) is 3.20. The standard InChI is InChI=1S/C13H18FN3O.ClH/c14-11-4-2-10(3-5-11)12(13(15)18)17-8-1-6-16-7-9-17;/h2-5,12,16H,1,6-9H2,(H2,15,18);1H. The average Bonchev–Trinajstić information content (AvgIpc) is 2.60. The van der Waals surface area contributed by atoms with E-state index in [1.54, 1.807) is 12.1 Å². The van der Waals surface area contributed by atoms with Crippen molar-refractivity contribution in [3.63, 3.8) is 0 Å². The molecule has 19 heavy (non-hydrogen) atoms. The van der Waals surface area contributed by atoms with Crippen LogP contribution in [0.2, 0.25) is 0 Å².